The monoisotopic (exact) mass is 431 g/mol. The minimum atomic E-state index is -0.206. The maximum atomic E-state index is 12.2. The van der Waals surface area contributed by atoms with Gasteiger partial charge in [-0.05, 0) is 42.5 Å². The third kappa shape index (κ3) is 3.39. The highest BCUT2D eigenvalue weighted by molar-refractivity contribution is 9.10. The molecule has 0 spiro atoms. The van der Waals surface area contributed by atoms with Gasteiger partial charge in [-0.15, -0.1) is 16.4 Å². The molecule has 1 amide bonds. The topological polar surface area (TPSA) is 64.1 Å². The molecule has 0 radical (unpaired) electrons. The maximum absolute atomic E-state index is 12.2. The van der Waals surface area contributed by atoms with Crippen LogP contribution >= 0.6 is 27.3 Å². The first-order valence-electron chi connectivity index (χ1n) is 8.50. The number of benzene rings is 1. The fraction of sp³-hybridized carbons (Fsp3) is 0.316. The van der Waals surface area contributed by atoms with E-state index in [4.69, 9.17) is 4.74 Å². The van der Waals surface area contributed by atoms with Gasteiger partial charge in [-0.3, -0.25) is 4.79 Å². The number of halogens is 1. The van der Waals surface area contributed by atoms with Crippen molar-refractivity contribution < 1.29 is 9.53 Å². The van der Waals surface area contributed by atoms with E-state index in [0.29, 0.717) is 11.6 Å². The number of nitrogens with zero attached hydrogens (tertiary/aromatic N) is 2. The number of hydrogen-bond donors (Lipinski definition) is 1. The summed E-state index contributed by atoms with van der Waals surface area (Å²) in [6.07, 6.45) is 1.87. The molecule has 1 unspecified atom stereocenters. The number of fused-ring (bicyclic) bond motifs is 1. The van der Waals surface area contributed by atoms with Crippen LogP contribution in [-0.2, 0) is 11.2 Å². The van der Waals surface area contributed by atoms with E-state index in [0.717, 1.165) is 56.7 Å². The lowest BCUT2D eigenvalue weighted by molar-refractivity contribution is 0.0959. The molecule has 1 fully saturated rings. The molecule has 3 heterocycles. The second-order valence-corrected chi connectivity index (χ2v) is 8.34. The van der Waals surface area contributed by atoms with Crippen molar-refractivity contribution in [2.45, 2.75) is 12.8 Å². The summed E-state index contributed by atoms with van der Waals surface area (Å²) >= 11 is 5.06. The normalized spacial score (nSPS) is 16.9. The highest BCUT2D eigenvalue weighted by Gasteiger charge is 2.22. The van der Waals surface area contributed by atoms with E-state index < -0.39 is 0 Å². The molecule has 1 aliphatic heterocycles. The van der Waals surface area contributed by atoms with Crippen LogP contribution in [0.15, 0.2) is 34.8 Å². The molecule has 0 aliphatic carbocycles. The molecule has 0 saturated carbocycles. The van der Waals surface area contributed by atoms with Crippen molar-refractivity contribution in [3.63, 3.8) is 0 Å². The molecule has 1 aliphatic rings. The lowest BCUT2D eigenvalue weighted by Crippen LogP contribution is -2.20. The molecule has 7 heteroatoms. The van der Waals surface area contributed by atoms with Gasteiger partial charge in [0.05, 0.1) is 10.4 Å². The van der Waals surface area contributed by atoms with Gasteiger partial charge < -0.3 is 10.1 Å². The number of carbonyl (C=O) groups excluding carboxylic acids is 1. The molecule has 0 bridgehead atoms. The van der Waals surface area contributed by atoms with Gasteiger partial charge in [0.25, 0.3) is 5.91 Å². The summed E-state index contributed by atoms with van der Waals surface area (Å²) < 4.78 is 7.43. The average molecular weight is 432 g/mol. The maximum Gasteiger partial charge on any atom is 0.273 e. The SMILES string of the molecule is CNC(=O)c1nnc(CC2CCOC2)c2cc(-c3ccc(Br)cc3)sc12. The van der Waals surface area contributed by atoms with E-state index in [2.05, 4.69) is 49.6 Å². The molecule has 134 valence electrons. The van der Waals surface area contributed by atoms with Crippen LogP contribution < -0.4 is 5.32 Å². The molecule has 1 aromatic carbocycles. The van der Waals surface area contributed by atoms with Crippen LogP contribution in [-0.4, -0.2) is 36.4 Å². The van der Waals surface area contributed by atoms with E-state index in [-0.39, 0.29) is 5.91 Å². The Hall–Kier alpha value is -1.83. The summed E-state index contributed by atoms with van der Waals surface area (Å²) in [4.78, 5) is 13.3. The molecule has 1 atom stereocenters. The first-order chi connectivity index (χ1) is 12.7. The first kappa shape index (κ1) is 17.6. The second kappa shape index (κ2) is 7.42. The predicted octanol–water partition coefficient (Wildman–Crippen LogP) is 4.06. The van der Waals surface area contributed by atoms with Crippen molar-refractivity contribution >= 4 is 43.3 Å². The molecule has 4 rings (SSSR count). The van der Waals surface area contributed by atoms with Crippen LogP contribution in [0.1, 0.15) is 22.6 Å². The minimum Gasteiger partial charge on any atom is -0.381 e. The Kier molecular flexibility index (Phi) is 5.02. The first-order valence-corrected chi connectivity index (χ1v) is 10.1. The van der Waals surface area contributed by atoms with Gasteiger partial charge in [0.2, 0.25) is 0 Å². The van der Waals surface area contributed by atoms with Crippen LogP contribution in [0, 0.1) is 5.92 Å². The van der Waals surface area contributed by atoms with Crippen molar-refractivity contribution in [1.82, 2.24) is 15.5 Å². The lowest BCUT2D eigenvalue weighted by atomic mass is 10.0. The fourth-order valence-corrected chi connectivity index (χ4v) is 4.61. The summed E-state index contributed by atoms with van der Waals surface area (Å²) in [6.45, 7) is 1.58. The van der Waals surface area contributed by atoms with Crippen LogP contribution in [0.3, 0.4) is 0 Å². The number of nitrogens with one attached hydrogen (secondary N) is 1. The molecule has 5 nitrogen and oxygen atoms in total. The Balaban J connectivity index is 1.82. The van der Waals surface area contributed by atoms with Gasteiger partial charge in [-0.1, -0.05) is 28.1 Å². The zero-order valence-electron chi connectivity index (χ0n) is 14.3. The largest absolute Gasteiger partial charge is 0.381 e. The van der Waals surface area contributed by atoms with Crippen LogP contribution in [0.4, 0.5) is 0 Å². The Morgan fingerprint density at radius 2 is 2.15 bits per heavy atom. The van der Waals surface area contributed by atoms with Gasteiger partial charge in [0.1, 0.15) is 0 Å². The average Bonchev–Trinajstić information content (AvgIpc) is 3.32. The predicted molar refractivity (Wildman–Crippen MR) is 107 cm³/mol. The summed E-state index contributed by atoms with van der Waals surface area (Å²) in [5, 5.41) is 12.3. The Morgan fingerprint density at radius 3 is 2.85 bits per heavy atom. The number of rotatable bonds is 4. The quantitative estimate of drug-likeness (QED) is 0.676. The Labute approximate surface area is 163 Å². The summed E-state index contributed by atoms with van der Waals surface area (Å²) in [5.41, 5.74) is 2.46. The van der Waals surface area contributed by atoms with Gasteiger partial charge in [-0.2, -0.15) is 5.10 Å². The van der Waals surface area contributed by atoms with E-state index in [1.165, 1.54) is 0 Å². The van der Waals surface area contributed by atoms with Crippen molar-refractivity contribution in [3.8, 4) is 10.4 Å². The highest BCUT2D eigenvalue weighted by atomic mass is 79.9. The van der Waals surface area contributed by atoms with Crippen molar-refractivity contribution in [2.75, 3.05) is 20.3 Å². The second-order valence-electron chi connectivity index (χ2n) is 6.37. The van der Waals surface area contributed by atoms with Gasteiger partial charge >= 0.3 is 0 Å². The number of ether oxygens (including phenoxy) is 1. The molecule has 1 N–H and O–H groups in total. The number of amides is 1. The van der Waals surface area contributed by atoms with E-state index in [1.54, 1.807) is 18.4 Å². The standard InChI is InChI=1S/C19H18BrN3O2S/c1-21-19(24)17-18-14(15(22-23-17)8-11-6-7-25-10-11)9-16(26-18)12-2-4-13(20)5-3-12/h2-5,9,11H,6-8,10H2,1H3,(H,21,24). The van der Waals surface area contributed by atoms with E-state index in [9.17, 15) is 4.79 Å². The molecule has 1 saturated heterocycles. The third-order valence-corrected chi connectivity index (χ3v) is 6.33. The van der Waals surface area contributed by atoms with Crippen molar-refractivity contribution in [1.29, 1.82) is 0 Å². The number of hydrogen-bond acceptors (Lipinski definition) is 5. The van der Waals surface area contributed by atoms with Gasteiger partial charge in [0, 0.05) is 35.0 Å². The lowest BCUT2D eigenvalue weighted by Gasteiger charge is -2.08. The molecular weight excluding hydrogens is 414 g/mol. The number of thiophene rings is 1. The fourth-order valence-electron chi connectivity index (χ4n) is 3.18. The number of aromatic nitrogens is 2. The van der Waals surface area contributed by atoms with Gasteiger partial charge in [-0.25, -0.2) is 0 Å². The minimum absolute atomic E-state index is 0.206. The van der Waals surface area contributed by atoms with Crippen LogP contribution in [0.25, 0.3) is 20.5 Å². The third-order valence-electron chi connectivity index (χ3n) is 4.61. The molecular formula is C19H18BrN3O2S. The van der Waals surface area contributed by atoms with Crippen molar-refractivity contribution in [3.05, 3.63) is 46.2 Å². The highest BCUT2D eigenvalue weighted by Crippen LogP contribution is 2.37. The van der Waals surface area contributed by atoms with E-state index >= 15 is 0 Å². The van der Waals surface area contributed by atoms with Crippen LogP contribution in [0.2, 0.25) is 0 Å². The summed E-state index contributed by atoms with van der Waals surface area (Å²) in [5.74, 6) is 0.261. The van der Waals surface area contributed by atoms with Gasteiger partial charge in [0.15, 0.2) is 5.69 Å². The molecule has 2 aromatic heterocycles. The van der Waals surface area contributed by atoms with E-state index in [1.807, 2.05) is 12.1 Å². The summed E-state index contributed by atoms with van der Waals surface area (Å²) in [7, 11) is 1.61. The van der Waals surface area contributed by atoms with Crippen molar-refractivity contribution in [2.24, 2.45) is 5.92 Å². The molecule has 26 heavy (non-hydrogen) atoms. The zero-order chi connectivity index (χ0) is 18.1. The Morgan fingerprint density at radius 1 is 1.35 bits per heavy atom. The smallest absolute Gasteiger partial charge is 0.273 e. The zero-order valence-corrected chi connectivity index (χ0v) is 16.7. The Bertz CT molecular complexity index is 949. The number of carbonyl (C=O) groups is 1. The molecule has 3 aromatic rings. The summed E-state index contributed by atoms with van der Waals surface area (Å²) in [6, 6.07) is 10.3. The van der Waals surface area contributed by atoms with Crippen LogP contribution in [0.5, 0.6) is 0 Å².